The van der Waals surface area contributed by atoms with Crippen molar-refractivity contribution in [1.82, 2.24) is 4.98 Å². The molecule has 2 aliphatic heterocycles. The second-order valence-corrected chi connectivity index (χ2v) is 7.72. The van der Waals surface area contributed by atoms with Gasteiger partial charge in [-0.05, 0) is 55.0 Å². The van der Waals surface area contributed by atoms with Gasteiger partial charge in [0, 0.05) is 11.8 Å². The Morgan fingerprint density at radius 1 is 1.06 bits per heavy atom. The molecule has 1 atom stereocenters. The molecule has 1 saturated heterocycles. The Bertz CT molecular complexity index is 1270. The van der Waals surface area contributed by atoms with Crippen molar-refractivity contribution >= 4 is 23.3 Å². The zero-order chi connectivity index (χ0) is 23.7. The molecule has 1 amide bonds. The van der Waals surface area contributed by atoms with Crippen molar-refractivity contribution in [2.75, 3.05) is 24.7 Å². The number of aliphatic hydroxyl groups excluding tert-OH is 1. The Labute approximate surface area is 196 Å². The van der Waals surface area contributed by atoms with Gasteiger partial charge in [-0.3, -0.25) is 14.5 Å². The van der Waals surface area contributed by atoms with E-state index in [-0.39, 0.29) is 11.3 Å². The lowest BCUT2D eigenvalue weighted by Gasteiger charge is -2.24. The van der Waals surface area contributed by atoms with Crippen molar-refractivity contribution in [1.29, 1.82) is 0 Å². The first-order valence-corrected chi connectivity index (χ1v) is 10.9. The largest absolute Gasteiger partial charge is 0.507 e. The predicted octanol–water partition coefficient (Wildman–Crippen LogP) is 3.88. The molecule has 0 bridgehead atoms. The van der Waals surface area contributed by atoms with E-state index in [1.54, 1.807) is 66.9 Å². The van der Waals surface area contributed by atoms with Crippen LogP contribution in [0, 0.1) is 0 Å². The maximum atomic E-state index is 13.2. The number of fused-ring (bicyclic) bond motifs is 1. The van der Waals surface area contributed by atoms with Gasteiger partial charge in [-0.15, -0.1) is 0 Å². The molecule has 3 heterocycles. The number of ketones is 1. The average molecular weight is 458 g/mol. The summed E-state index contributed by atoms with van der Waals surface area (Å²) in [6, 6.07) is 16.2. The first-order valence-electron chi connectivity index (χ1n) is 10.9. The van der Waals surface area contributed by atoms with Crippen LogP contribution < -0.4 is 19.1 Å². The standard InChI is InChI=1S/C26H22N2O6/c1-2-32-18-9-6-16(7-10-18)23-22(25(30)26(31)28(23)21-5-3-4-12-27-21)24(29)17-8-11-19-20(15-17)34-14-13-33-19/h3-12,15,23,29H,2,13-14H2,1H3. The fraction of sp³-hybridized carbons (Fsp3) is 0.192. The van der Waals surface area contributed by atoms with E-state index in [2.05, 4.69) is 4.98 Å². The first-order chi connectivity index (χ1) is 16.6. The fourth-order valence-electron chi connectivity index (χ4n) is 4.14. The van der Waals surface area contributed by atoms with Crippen LogP contribution in [0.3, 0.4) is 0 Å². The number of rotatable bonds is 5. The van der Waals surface area contributed by atoms with Gasteiger partial charge >= 0.3 is 5.91 Å². The maximum Gasteiger partial charge on any atom is 0.301 e. The summed E-state index contributed by atoms with van der Waals surface area (Å²) in [5.41, 5.74) is 0.947. The Morgan fingerprint density at radius 2 is 1.82 bits per heavy atom. The minimum absolute atomic E-state index is 0.0310. The van der Waals surface area contributed by atoms with E-state index in [1.165, 1.54) is 4.90 Å². The number of carbonyl (C=O) groups excluding carboxylic acids is 2. The van der Waals surface area contributed by atoms with Crippen molar-refractivity contribution in [2.24, 2.45) is 0 Å². The molecule has 172 valence electrons. The lowest BCUT2D eigenvalue weighted by atomic mass is 9.95. The number of Topliss-reactive ketones (excluding diaryl/α,β-unsaturated/α-hetero) is 1. The van der Waals surface area contributed by atoms with Crippen LogP contribution in [-0.2, 0) is 9.59 Å². The van der Waals surface area contributed by atoms with E-state index in [1.807, 2.05) is 6.92 Å². The Morgan fingerprint density at radius 3 is 2.53 bits per heavy atom. The van der Waals surface area contributed by atoms with Gasteiger partial charge in [0.05, 0.1) is 18.2 Å². The van der Waals surface area contributed by atoms with Crippen LogP contribution in [-0.4, -0.2) is 41.6 Å². The van der Waals surface area contributed by atoms with Gasteiger partial charge in [-0.25, -0.2) is 4.98 Å². The number of nitrogens with zero attached hydrogens (tertiary/aromatic N) is 2. The van der Waals surface area contributed by atoms with Crippen LogP contribution in [0.5, 0.6) is 17.2 Å². The molecule has 0 aliphatic carbocycles. The van der Waals surface area contributed by atoms with Gasteiger partial charge in [0.2, 0.25) is 0 Å². The smallest absolute Gasteiger partial charge is 0.301 e. The monoisotopic (exact) mass is 458 g/mol. The summed E-state index contributed by atoms with van der Waals surface area (Å²) in [7, 11) is 0. The topological polar surface area (TPSA) is 98.2 Å². The molecule has 8 heteroatoms. The fourth-order valence-corrected chi connectivity index (χ4v) is 4.14. The first kappa shape index (κ1) is 21.5. The molecule has 0 radical (unpaired) electrons. The third-order valence-corrected chi connectivity index (χ3v) is 5.66. The molecule has 3 aromatic rings. The van der Waals surface area contributed by atoms with Gasteiger partial charge in [-0.1, -0.05) is 18.2 Å². The summed E-state index contributed by atoms with van der Waals surface area (Å²) < 4.78 is 16.7. The van der Waals surface area contributed by atoms with Crippen molar-refractivity contribution < 1.29 is 28.9 Å². The van der Waals surface area contributed by atoms with Crippen molar-refractivity contribution in [2.45, 2.75) is 13.0 Å². The zero-order valence-corrected chi connectivity index (χ0v) is 18.4. The third kappa shape index (κ3) is 3.73. The molecular formula is C26H22N2O6. The highest BCUT2D eigenvalue weighted by Gasteiger charge is 2.47. The summed E-state index contributed by atoms with van der Waals surface area (Å²) in [6.07, 6.45) is 1.55. The SMILES string of the molecule is CCOc1ccc(C2C(=C(O)c3ccc4c(c3)OCCO4)C(=O)C(=O)N2c2ccccn2)cc1. The van der Waals surface area contributed by atoms with E-state index >= 15 is 0 Å². The quantitative estimate of drug-likeness (QED) is 0.352. The minimum atomic E-state index is -0.876. The van der Waals surface area contributed by atoms with Crippen molar-refractivity contribution in [3.63, 3.8) is 0 Å². The van der Waals surface area contributed by atoms with Crippen LogP contribution in [0.2, 0.25) is 0 Å². The molecular weight excluding hydrogens is 436 g/mol. The maximum absolute atomic E-state index is 13.2. The highest BCUT2D eigenvalue weighted by molar-refractivity contribution is 6.51. The lowest BCUT2D eigenvalue weighted by molar-refractivity contribution is -0.132. The van der Waals surface area contributed by atoms with Crippen LogP contribution in [0.25, 0.3) is 5.76 Å². The van der Waals surface area contributed by atoms with E-state index < -0.39 is 17.7 Å². The van der Waals surface area contributed by atoms with Gasteiger partial charge in [-0.2, -0.15) is 0 Å². The number of aromatic nitrogens is 1. The van der Waals surface area contributed by atoms with Crippen LogP contribution in [0.1, 0.15) is 24.1 Å². The molecule has 34 heavy (non-hydrogen) atoms. The van der Waals surface area contributed by atoms with Crippen LogP contribution in [0.4, 0.5) is 5.82 Å². The normalized spacial score (nSPS) is 18.7. The van der Waals surface area contributed by atoms with Crippen molar-refractivity contribution in [3.8, 4) is 17.2 Å². The highest BCUT2D eigenvalue weighted by Crippen LogP contribution is 2.43. The van der Waals surface area contributed by atoms with Crippen LogP contribution >= 0.6 is 0 Å². The highest BCUT2D eigenvalue weighted by atomic mass is 16.6. The molecule has 2 aromatic carbocycles. The summed E-state index contributed by atoms with van der Waals surface area (Å²) in [4.78, 5) is 32.0. The van der Waals surface area contributed by atoms with Gasteiger partial charge in [0.1, 0.15) is 30.5 Å². The summed E-state index contributed by atoms with van der Waals surface area (Å²) >= 11 is 0. The molecule has 1 aromatic heterocycles. The van der Waals surface area contributed by atoms with E-state index in [4.69, 9.17) is 14.2 Å². The number of benzene rings is 2. The number of ether oxygens (including phenoxy) is 3. The predicted molar refractivity (Wildman–Crippen MR) is 124 cm³/mol. The van der Waals surface area contributed by atoms with E-state index in [9.17, 15) is 14.7 Å². The Balaban J connectivity index is 1.66. The molecule has 2 aliphatic rings. The number of pyridine rings is 1. The number of amides is 1. The Hall–Kier alpha value is -4.33. The Kier molecular flexibility index (Phi) is 5.63. The van der Waals surface area contributed by atoms with E-state index in [0.29, 0.717) is 54.0 Å². The summed E-state index contributed by atoms with van der Waals surface area (Å²) in [5.74, 6) is 0.130. The molecule has 8 nitrogen and oxygen atoms in total. The number of carbonyl (C=O) groups is 2. The van der Waals surface area contributed by atoms with E-state index in [0.717, 1.165) is 0 Å². The third-order valence-electron chi connectivity index (χ3n) is 5.66. The molecule has 0 saturated carbocycles. The van der Waals surface area contributed by atoms with Gasteiger partial charge < -0.3 is 19.3 Å². The second-order valence-electron chi connectivity index (χ2n) is 7.72. The van der Waals surface area contributed by atoms with Crippen molar-refractivity contribution in [3.05, 3.63) is 83.6 Å². The minimum Gasteiger partial charge on any atom is -0.507 e. The molecule has 1 unspecified atom stereocenters. The molecule has 1 fully saturated rings. The average Bonchev–Trinajstić information content (AvgIpc) is 3.14. The summed E-state index contributed by atoms with van der Waals surface area (Å²) in [5, 5.41) is 11.3. The van der Waals surface area contributed by atoms with Gasteiger partial charge in [0.15, 0.2) is 11.5 Å². The van der Waals surface area contributed by atoms with Gasteiger partial charge in [0.25, 0.3) is 5.78 Å². The molecule has 0 spiro atoms. The molecule has 1 N–H and O–H groups in total. The molecule has 5 rings (SSSR count). The second kappa shape index (κ2) is 8.90. The summed E-state index contributed by atoms with van der Waals surface area (Å²) in [6.45, 7) is 3.21. The number of hydrogen-bond donors (Lipinski definition) is 1. The van der Waals surface area contributed by atoms with Crippen LogP contribution in [0.15, 0.2) is 72.4 Å². The number of hydrogen-bond acceptors (Lipinski definition) is 7. The lowest BCUT2D eigenvalue weighted by Crippen LogP contribution is -2.30. The number of anilines is 1. The number of aliphatic hydroxyl groups is 1. The zero-order valence-electron chi connectivity index (χ0n) is 18.4.